The van der Waals surface area contributed by atoms with Crippen molar-refractivity contribution in [3.63, 3.8) is 0 Å². The molecule has 4 heteroatoms. The summed E-state index contributed by atoms with van der Waals surface area (Å²) in [6.45, 7) is 4.24. The first-order valence-electron chi connectivity index (χ1n) is 6.36. The van der Waals surface area contributed by atoms with Crippen LogP contribution in [0.25, 0.3) is 0 Å². The van der Waals surface area contributed by atoms with Gasteiger partial charge in [0.1, 0.15) is 5.75 Å². The molecule has 1 amide bonds. The highest BCUT2D eigenvalue weighted by molar-refractivity contribution is 5.81. The van der Waals surface area contributed by atoms with E-state index < -0.39 is 0 Å². The minimum Gasteiger partial charge on any atom is -0.496 e. The number of carbonyl (C=O) groups excluding carboxylic acids is 1. The molecule has 0 radical (unpaired) electrons. The number of carbonyl (C=O) groups is 1. The number of para-hydroxylation sites is 1. The first kappa shape index (κ1) is 12.9. The van der Waals surface area contributed by atoms with Gasteiger partial charge in [-0.25, -0.2) is 0 Å². The molecule has 0 spiro atoms. The van der Waals surface area contributed by atoms with E-state index in [4.69, 9.17) is 4.74 Å². The van der Waals surface area contributed by atoms with Crippen LogP contribution in [0.4, 0.5) is 0 Å². The Bertz CT molecular complexity index is 420. The number of nitrogens with one attached hydrogen (secondary N) is 1. The van der Waals surface area contributed by atoms with E-state index in [1.807, 2.05) is 36.1 Å². The molecule has 1 unspecified atom stereocenters. The molecule has 0 aromatic heterocycles. The van der Waals surface area contributed by atoms with Crippen molar-refractivity contribution in [3.05, 3.63) is 29.8 Å². The van der Waals surface area contributed by atoms with Crippen molar-refractivity contribution in [2.24, 2.45) is 0 Å². The molecule has 2 rings (SSSR count). The van der Waals surface area contributed by atoms with Gasteiger partial charge in [0.2, 0.25) is 5.91 Å². The minimum absolute atomic E-state index is 0.0952. The molecule has 1 aliphatic rings. The molecule has 4 nitrogen and oxygen atoms in total. The Hall–Kier alpha value is -1.55. The largest absolute Gasteiger partial charge is 0.496 e. The Morgan fingerprint density at radius 1 is 1.44 bits per heavy atom. The summed E-state index contributed by atoms with van der Waals surface area (Å²) in [6, 6.07) is 7.76. The Kier molecular flexibility index (Phi) is 4.20. The average Bonchev–Trinajstić information content (AvgIpc) is 2.55. The van der Waals surface area contributed by atoms with Gasteiger partial charge in [0.25, 0.3) is 0 Å². The highest BCUT2D eigenvalue weighted by Gasteiger charge is 2.23. The van der Waals surface area contributed by atoms with Crippen molar-refractivity contribution >= 4 is 5.91 Å². The van der Waals surface area contributed by atoms with Crippen LogP contribution >= 0.6 is 0 Å². The van der Waals surface area contributed by atoms with Gasteiger partial charge in [0.05, 0.1) is 13.2 Å². The summed E-state index contributed by atoms with van der Waals surface area (Å²) in [5.41, 5.74) is 1.06. The monoisotopic (exact) mass is 248 g/mol. The number of hydrogen-bond acceptors (Lipinski definition) is 3. The van der Waals surface area contributed by atoms with Gasteiger partial charge in [0, 0.05) is 18.7 Å². The highest BCUT2D eigenvalue weighted by Crippen LogP contribution is 2.20. The fraction of sp³-hybridized carbons (Fsp3) is 0.500. The predicted molar refractivity (Wildman–Crippen MR) is 70.5 cm³/mol. The Morgan fingerprint density at radius 3 is 3.00 bits per heavy atom. The number of amides is 1. The van der Waals surface area contributed by atoms with Gasteiger partial charge in [0.15, 0.2) is 0 Å². The number of nitrogens with zero attached hydrogens (tertiary/aromatic N) is 1. The molecule has 1 aromatic carbocycles. The maximum Gasteiger partial charge on any atom is 0.239 e. The average molecular weight is 248 g/mol. The van der Waals surface area contributed by atoms with Crippen molar-refractivity contribution < 1.29 is 9.53 Å². The van der Waals surface area contributed by atoms with Crippen LogP contribution < -0.4 is 10.1 Å². The van der Waals surface area contributed by atoms with E-state index in [1.54, 1.807) is 7.11 Å². The molecule has 1 heterocycles. The van der Waals surface area contributed by atoms with E-state index in [2.05, 4.69) is 5.32 Å². The minimum atomic E-state index is -0.0952. The van der Waals surface area contributed by atoms with Crippen molar-refractivity contribution in [2.75, 3.05) is 20.2 Å². The summed E-state index contributed by atoms with van der Waals surface area (Å²) in [7, 11) is 1.66. The van der Waals surface area contributed by atoms with Gasteiger partial charge in [-0.3, -0.25) is 4.79 Å². The van der Waals surface area contributed by atoms with E-state index in [0.29, 0.717) is 6.54 Å². The third kappa shape index (κ3) is 2.82. The van der Waals surface area contributed by atoms with E-state index in [9.17, 15) is 4.79 Å². The number of methoxy groups -OCH3 is 1. The molecule has 1 atom stereocenters. The van der Waals surface area contributed by atoms with E-state index in [0.717, 1.165) is 30.8 Å². The quantitative estimate of drug-likeness (QED) is 0.879. The fourth-order valence-electron chi connectivity index (χ4n) is 2.26. The molecule has 98 valence electrons. The lowest BCUT2D eigenvalue weighted by Gasteiger charge is -2.23. The molecule has 0 bridgehead atoms. The molecular weight excluding hydrogens is 228 g/mol. The van der Waals surface area contributed by atoms with Crippen LogP contribution in [0.15, 0.2) is 24.3 Å². The summed E-state index contributed by atoms with van der Waals surface area (Å²) in [6.07, 6.45) is 0.991. The van der Waals surface area contributed by atoms with Crippen LogP contribution in [0.3, 0.4) is 0 Å². The van der Waals surface area contributed by atoms with Crippen molar-refractivity contribution in [1.82, 2.24) is 10.2 Å². The maximum absolute atomic E-state index is 12.2. The zero-order chi connectivity index (χ0) is 13.0. The topological polar surface area (TPSA) is 41.6 Å². The van der Waals surface area contributed by atoms with E-state index in [1.165, 1.54) is 0 Å². The molecule has 1 aliphatic heterocycles. The second-order valence-corrected chi connectivity index (χ2v) is 4.60. The second kappa shape index (κ2) is 5.87. The lowest BCUT2D eigenvalue weighted by Crippen LogP contribution is -2.41. The van der Waals surface area contributed by atoms with Crippen molar-refractivity contribution in [3.8, 4) is 5.75 Å². The molecule has 18 heavy (non-hydrogen) atoms. The van der Waals surface area contributed by atoms with Gasteiger partial charge in [-0.15, -0.1) is 0 Å². The smallest absolute Gasteiger partial charge is 0.239 e. The van der Waals surface area contributed by atoms with Crippen LogP contribution in [0.1, 0.15) is 18.9 Å². The molecule has 1 aromatic rings. The number of rotatable bonds is 3. The summed E-state index contributed by atoms with van der Waals surface area (Å²) in [4.78, 5) is 14.1. The van der Waals surface area contributed by atoms with Crippen LogP contribution in [0, 0.1) is 0 Å². The summed E-state index contributed by atoms with van der Waals surface area (Å²) < 4.78 is 5.33. The molecule has 1 fully saturated rings. The first-order chi connectivity index (χ1) is 8.72. The number of hydrogen-bond donors (Lipinski definition) is 1. The van der Waals surface area contributed by atoms with Crippen molar-refractivity contribution in [2.45, 2.75) is 25.9 Å². The van der Waals surface area contributed by atoms with E-state index >= 15 is 0 Å². The van der Waals surface area contributed by atoms with Gasteiger partial charge < -0.3 is 15.0 Å². The normalized spacial score (nSPS) is 20.7. The zero-order valence-electron chi connectivity index (χ0n) is 11.0. The molecule has 1 N–H and O–H groups in total. The standard InChI is InChI=1S/C14H20N2O2/c1-11-14(17)16(9-5-8-15-11)10-12-6-3-4-7-13(12)18-2/h3-4,6-7,11,15H,5,8-10H2,1-2H3. The number of benzene rings is 1. The van der Waals surface area contributed by atoms with Crippen LogP contribution in [-0.4, -0.2) is 37.0 Å². The number of ether oxygens (including phenoxy) is 1. The Morgan fingerprint density at radius 2 is 2.22 bits per heavy atom. The van der Waals surface area contributed by atoms with E-state index in [-0.39, 0.29) is 11.9 Å². The summed E-state index contributed by atoms with van der Waals surface area (Å²) >= 11 is 0. The van der Waals surface area contributed by atoms with Crippen LogP contribution in [-0.2, 0) is 11.3 Å². The third-order valence-corrected chi connectivity index (χ3v) is 3.29. The highest BCUT2D eigenvalue weighted by atomic mass is 16.5. The summed E-state index contributed by atoms with van der Waals surface area (Å²) in [5, 5.41) is 3.22. The molecule has 0 aliphatic carbocycles. The predicted octanol–water partition coefficient (Wildman–Crippen LogP) is 1.41. The zero-order valence-corrected chi connectivity index (χ0v) is 11.0. The lowest BCUT2D eigenvalue weighted by atomic mass is 10.1. The lowest BCUT2D eigenvalue weighted by molar-refractivity contribution is -0.132. The first-order valence-corrected chi connectivity index (χ1v) is 6.36. The molecule has 0 saturated carbocycles. The SMILES string of the molecule is COc1ccccc1CN1CCCNC(C)C1=O. The van der Waals surface area contributed by atoms with Gasteiger partial charge >= 0.3 is 0 Å². The Labute approximate surface area is 108 Å². The van der Waals surface area contributed by atoms with Crippen LogP contribution in [0.2, 0.25) is 0 Å². The van der Waals surface area contributed by atoms with Gasteiger partial charge in [-0.2, -0.15) is 0 Å². The second-order valence-electron chi connectivity index (χ2n) is 4.60. The van der Waals surface area contributed by atoms with Gasteiger partial charge in [-0.05, 0) is 26.0 Å². The Balaban J connectivity index is 2.14. The fourth-order valence-corrected chi connectivity index (χ4v) is 2.26. The molecule has 1 saturated heterocycles. The maximum atomic E-state index is 12.2. The third-order valence-electron chi connectivity index (χ3n) is 3.29. The van der Waals surface area contributed by atoms with Crippen molar-refractivity contribution in [1.29, 1.82) is 0 Å². The van der Waals surface area contributed by atoms with Crippen LogP contribution in [0.5, 0.6) is 5.75 Å². The van der Waals surface area contributed by atoms with Gasteiger partial charge in [-0.1, -0.05) is 18.2 Å². The summed E-state index contributed by atoms with van der Waals surface area (Å²) in [5.74, 6) is 1.01. The molecular formula is C14H20N2O2.